The molecular weight excluding hydrogens is 375 g/mol. The second-order valence-corrected chi connectivity index (χ2v) is 7.07. The van der Waals surface area contributed by atoms with Gasteiger partial charge in [0.2, 0.25) is 5.13 Å². The van der Waals surface area contributed by atoms with Crippen molar-refractivity contribution >= 4 is 45.7 Å². The van der Waals surface area contributed by atoms with E-state index < -0.39 is 12.3 Å². The van der Waals surface area contributed by atoms with Gasteiger partial charge in [-0.1, -0.05) is 34.5 Å². The van der Waals surface area contributed by atoms with Crippen LogP contribution in [-0.2, 0) is 0 Å². The monoisotopic (exact) mass is 388 g/mol. The van der Waals surface area contributed by atoms with Gasteiger partial charge in [-0.05, 0) is 19.1 Å². The largest absolute Gasteiger partial charge is 0.483 e. The summed E-state index contributed by atoms with van der Waals surface area (Å²) in [6.07, 6.45) is -1.34. The molecule has 24 heavy (non-hydrogen) atoms. The maximum atomic E-state index is 12.0. The van der Waals surface area contributed by atoms with Crippen molar-refractivity contribution in [1.82, 2.24) is 15.1 Å². The number of β-amino-alcohol motifs (C(OH)–C–C–N with tert-alkyl or cyclic N) is 1. The molecule has 1 fully saturated rings. The highest BCUT2D eigenvalue weighted by Crippen LogP contribution is 2.33. The third-order valence-corrected chi connectivity index (χ3v) is 5.28. The topological polar surface area (TPSA) is 78.8 Å². The number of anilines is 1. The molecule has 2 aromatic rings. The lowest BCUT2D eigenvalue weighted by Crippen LogP contribution is -2.34. The Morgan fingerprint density at radius 2 is 2.12 bits per heavy atom. The highest BCUT2D eigenvalue weighted by Gasteiger charge is 2.37. The first-order chi connectivity index (χ1) is 11.4. The van der Waals surface area contributed by atoms with Gasteiger partial charge in [0.1, 0.15) is 11.9 Å². The number of benzene rings is 1. The highest BCUT2D eigenvalue weighted by atomic mass is 35.5. The smallest absolute Gasteiger partial charge is 0.328 e. The second-order valence-electron chi connectivity index (χ2n) is 5.27. The molecule has 0 saturated carbocycles. The van der Waals surface area contributed by atoms with Crippen molar-refractivity contribution in [2.24, 2.45) is 0 Å². The first-order valence-corrected chi connectivity index (χ1v) is 8.61. The summed E-state index contributed by atoms with van der Waals surface area (Å²) in [5.74, 6) is 0.547. The van der Waals surface area contributed by atoms with Crippen LogP contribution >= 0.6 is 34.5 Å². The summed E-state index contributed by atoms with van der Waals surface area (Å²) in [6, 6.07) is 4.65. The number of halogens is 2. The maximum Gasteiger partial charge on any atom is 0.328 e. The number of carbonyl (C=O) groups is 1. The summed E-state index contributed by atoms with van der Waals surface area (Å²) < 4.78 is 5.78. The number of likely N-dealkylation sites (N-methyl/N-ethyl adjacent to an activating group) is 1. The predicted octanol–water partition coefficient (Wildman–Crippen LogP) is 3.18. The minimum atomic E-state index is -0.936. The zero-order valence-corrected chi connectivity index (χ0v) is 15.1. The number of amides is 2. The number of rotatable bonds is 4. The molecule has 128 valence electrons. The summed E-state index contributed by atoms with van der Waals surface area (Å²) in [4.78, 5) is 14.7. The van der Waals surface area contributed by atoms with Crippen LogP contribution in [0.25, 0.3) is 0 Å². The fraction of sp³-hybridized carbons (Fsp3) is 0.357. The third kappa shape index (κ3) is 3.27. The normalized spacial score (nSPS) is 19.0. The molecule has 1 saturated heterocycles. The van der Waals surface area contributed by atoms with Gasteiger partial charge in [-0.2, -0.15) is 0 Å². The number of hydrogen-bond donors (Lipinski definition) is 1. The minimum Gasteiger partial charge on any atom is -0.483 e. The summed E-state index contributed by atoms with van der Waals surface area (Å²) in [7, 11) is 1.61. The molecule has 7 nitrogen and oxygen atoms in total. The van der Waals surface area contributed by atoms with E-state index in [1.165, 1.54) is 21.1 Å². The Morgan fingerprint density at radius 3 is 2.75 bits per heavy atom. The number of urea groups is 1. The fourth-order valence-corrected chi connectivity index (χ4v) is 3.37. The van der Waals surface area contributed by atoms with Crippen LogP contribution in [0.2, 0.25) is 10.0 Å². The van der Waals surface area contributed by atoms with Gasteiger partial charge in [0.05, 0.1) is 16.6 Å². The van der Waals surface area contributed by atoms with E-state index >= 15 is 0 Å². The zero-order chi connectivity index (χ0) is 17.4. The van der Waals surface area contributed by atoms with Crippen molar-refractivity contribution in [3.63, 3.8) is 0 Å². The molecule has 2 atom stereocenters. The lowest BCUT2D eigenvalue weighted by molar-refractivity contribution is 0.183. The van der Waals surface area contributed by atoms with Gasteiger partial charge in [-0.15, -0.1) is 10.2 Å². The van der Waals surface area contributed by atoms with Gasteiger partial charge in [0.25, 0.3) is 0 Å². The van der Waals surface area contributed by atoms with Crippen molar-refractivity contribution < 1.29 is 14.6 Å². The average Bonchev–Trinajstić information content (AvgIpc) is 3.09. The van der Waals surface area contributed by atoms with Gasteiger partial charge < -0.3 is 14.7 Å². The first kappa shape index (κ1) is 17.2. The van der Waals surface area contributed by atoms with Crippen LogP contribution in [0.4, 0.5) is 9.93 Å². The van der Waals surface area contributed by atoms with Crippen LogP contribution < -0.4 is 9.64 Å². The number of ether oxygens (including phenoxy) is 1. The van der Waals surface area contributed by atoms with E-state index in [2.05, 4.69) is 10.2 Å². The minimum absolute atomic E-state index is 0.225. The zero-order valence-electron chi connectivity index (χ0n) is 12.8. The molecule has 1 aliphatic heterocycles. The van der Waals surface area contributed by atoms with E-state index in [0.29, 0.717) is 25.9 Å². The number of aliphatic hydroxyl groups excluding tert-OH is 1. The number of aliphatic hydroxyl groups is 1. The fourth-order valence-electron chi connectivity index (χ4n) is 2.22. The molecule has 2 heterocycles. The molecule has 1 aromatic heterocycles. The Morgan fingerprint density at radius 1 is 1.38 bits per heavy atom. The van der Waals surface area contributed by atoms with E-state index in [9.17, 15) is 9.90 Å². The lowest BCUT2D eigenvalue weighted by Gasteiger charge is -2.14. The molecule has 3 rings (SSSR count). The van der Waals surface area contributed by atoms with Crippen LogP contribution in [-0.4, -0.2) is 46.1 Å². The highest BCUT2D eigenvalue weighted by molar-refractivity contribution is 7.15. The van der Waals surface area contributed by atoms with Gasteiger partial charge in [-0.25, -0.2) is 9.69 Å². The van der Waals surface area contributed by atoms with Crippen molar-refractivity contribution in [3.05, 3.63) is 33.3 Å². The van der Waals surface area contributed by atoms with Crippen molar-refractivity contribution in [3.8, 4) is 5.75 Å². The number of aromatic nitrogens is 2. The molecule has 1 N–H and O–H groups in total. The van der Waals surface area contributed by atoms with Crippen LogP contribution in [0.15, 0.2) is 18.2 Å². The predicted molar refractivity (Wildman–Crippen MR) is 91.9 cm³/mol. The summed E-state index contributed by atoms with van der Waals surface area (Å²) in [5.41, 5.74) is 0. The molecule has 0 aliphatic carbocycles. The molecule has 0 spiro atoms. The Kier molecular flexibility index (Phi) is 4.82. The molecule has 10 heteroatoms. The number of hydrogen-bond acceptors (Lipinski definition) is 6. The molecule has 0 bridgehead atoms. The van der Waals surface area contributed by atoms with Crippen LogP contribution in [0.5, 0.6) is 5.75 Å². The molecule has 1 aliphatic rings. The Hall–Kier alpha value is -1.61. The third-order valence-electron chi connectivity index (χ3n) is 3.46. The van der Waals surface area contributed by atoms with Crippen LogP contribution in [0.1, 0.15) is 18.0 Å². The van der Waals surface area contributed by atoms with E-state index in [0.717, 1.165) is 0 Å². The standard InChI is InChI=1S/C14H14Cl2N4O3S/c1-7(23-8-3-4-9(15)10(16)5-8)12-17-18-13(24-12)20-11(21)6-19(2)14(20)22/h3-5,7,11,21H,6H2,1-2H3. The van der Waals surface area contributed by atoms with Gasteiger partial charge in [0.15, 0.2) is 11.2 Å². The van der Waals surface area contributed by atoms with Gasteiger partial charge >= 0.3 is 6.03 Å². The second kappa shape index (κ2) is 6.72. The molecule has 2 unspecified atom stereocenters. The lowest BCUT2D eigenvalue weighted by atomic mass is 10.3. The van der Waals surface area contributed by atoms with Crippen molar-refractivity contribution in [1.29, 1.82) is 0 Å². The van der Waals surface area contributed by atoms with Gasteiger partial charge in [-0.3, -0.25) is 0 Å². The van der Waals surface area contributed by atoms with E-state index in [-0.39, 0.29) is 12.6 Å². The summed E-state index contributed by atoms with van der Waals surface area (Å²) >= 11 is 13.0. The van der Waals surface area contributed by atoms with Crippen molar-refractivity contribution in [2.75, 3.05) is 18.5 Å². The first-order valence-electron chi connectivity index (χ1n) is 7.04. The Bertz CT molecular complexity index is 772. The number of carbonyl (C=O) groups excluding carboxylic acids is 1. The number of nitrogens with zero attached hydrogens (tertiary/aromatic N) is 4. The molecule has 0 radical (unpaired) electrons. The van der Waals surface area contributed by atoms with Crippen molar-refractivity contribution in [2.45, 2.75) is 19.3 Å². The molecule has 2 amide bonds. The van der Waals surface area contributed by atoms with E-state index in [1.54, 1.807) is 32.2 Å². The molecule has 1 aromatic carbocycles. The van der Waals surface area contributed by atoms with Crippen LogP contribution in [0, 0.1) is 0 Å². The Labute approximate surface area is 152 Å². The summed E-state index contributed by atoms with van der Waals surface area (Å²) in [6.45, 7) is 2.03. The van der Waals surface area contributed by atoms with Crippen LogP contribution in [0.3, 0.4) is 0 Å². The Balaban J connectivity index is 1.75. The van der Waals surface area contributed by atoms with E-state index in [1.807, 2.05) is 0 Å². The van der Waals surface area contributed by atoms with Gasteiger partial charge in [0, 0.05) is 13.1 Å². The maximum absolute atomic E-state index is 12.0. The summed E-state index contributed by atoms with van der Waals surface area (Å²) in [5, 5.41) is 19.8. The SMILES string of the molecule is CC(Oc1ccc(Cl)c(Cl)c1)c1nnc(N2C(=O)N(C)CC2O)s1. The molecular formula is C14H14Cl2N4O3S. The average molecular weight is 389 g/mol. The van der Waals surface area contributed by atoms with E-state index in [4.69, 9.17) is 27.9 Å². The quantitative estimate of drug-likeness (QED) is 0.869.